The lowest BCUT2D eigenvalue weighted by Crippen LogP contribution is -2.46. The van der Waals surface area contributed by atoms with Crippen LogP contribution in [0, 0.1) is 0 Å². The summed E-state index contributed by atoms with van der Waals surface area (Å²) in [4.78, 5) is 15.2. The van der Waals surface area contributed by atoms with Crippen molar-refractivity contribution in [3.63, 3.8) is 0 Å². The second-order valence-electron chi connectivity index (χ2n) is 7.76. The van der Waals surface area contributed by atoms with Crippen LogP contribution < -0.4 is 14.8 Å². The molecule has 1 N–H and O–H groups in total. The number of fused-ring (bicyclic) bond motifs is 1. The Kier molecular flexibility index (Phi) is 5.62. The van der Waals surface area contributed by atoms with Crippen LogP contribution in [0.3, 0.4) is 0 Å². The summed E-state index contributed by atoms with van der Waals surface area (Å²) in [5.41, 5.74) is 2.47. The molecule has 4 rings (SSSR count). The lowest BCUT2D eigenvalue weighted by Gasteiger charge is -2.39. The molecule has 1 saturated heterocycles. The van der Waals surface area contributed by atoms with Crippen LogP contribution in [0.2, 0.25) is 0 Å². The minimum Gasteiger partial charge on any atom is -0.493 e. The number of amides is 1. The van der Waals surface area contributed by atoms with Crippen molar-refractivity contribution in [3.05, 3.63) is 53.6 Å². The second kappa shape index (κ2) is 8.33. The van der Waals surface area contributed by atoms with Crippen LogP contribution in [0.5, 0.6) is 11.5 Å². The lowest BCUT2D eigenvalue weighted by molar-refractivity contribution is 0.0426. The van der Waals surface area contributed by atoms with Crippen molar-refractivity contribution in [2.45, 2.75) is 45.1 Å². The van der Waals surface area contributed by atoms with Crippen LogP contribution in [0.25, 0.3) is 0 Å². The molecule has 154 valence electrons. The van der Waals surface area contributed by atoms with Gasteiger partial charge in [-0.1, -0.05) is 18.2 Å². The Bertz CT molecular complexity index is 877. The number of ether oxygens (including phenoxy) is 3. The third-order valence-corrected chi connectivity index (χ3v) is 5.31. The molecule has 0 spiro atoms. The highest BCUT2D eigenvalue weighted by molar-refractivity contribution is 6.01. The topological polar surface area (TPSA) is 60.0 Å². The fourth-order valence-corrected chi connectivity index (χ4v) is 3.96. The Labute approximate surface area is 171 Å². The van der Waals surface area contributed by atoms with E-state index >= 15 is 0 Å². The highest BCUT2D eigenvalue weighted by Crippen LogP contribution is 2.37. The molecule has 0 aliphatic carbocycles. The van der Waals surface area contributed by atoms with E-state index in [9.17, 15) is 4.79 Å². The van der Waals surface area contributed by atoms with E-state index in [2.05, 4.69) is 5.32 Å². The predicted octanol–water partition coefficient (Wildman–Crippen LogP) is 4.23. The summed E-state index contributed by atoms with van der Waals surface area (Å²) < 4.78 is 17.2. The number of carbonyl (C=O) groups is 1. The van der Waals surface area contributed by atoms with E-state index in [0.29, 0.717) is 23.6 Å². The largest absolute Gasteiger partial charge is 0.493 e. The van der Waals surface area contributed by atoms with Gasteiger partial charge in [0.15, 0.2) is 11.5 Å². The molecule has 1 fully saturated rings. The van der Waals surface area contributed by atoms with E-state index in [-0.39, 0.29) is 24.3 Å². The van der Waals surface area contributed by atoms with E-state index in [4.69, 9.17) is 14.2 Å². The zero-order valence-corrected chi connectivity index (χ0v) is 17.2. The minimum absolute atomic E-state index is 0.0151. The summed E-state index contributed by atoms with van der Waals surface area (Å²) >= 11 is 0. The van der Waals surface area contributed by atoms with E-state index in [1.807, 2.05) is 61.2 Å². The molecule has 2 aromatic rings. The zero-order chi connectivity index (χ0) is 20.4. The summed E-state index contributed by atoms with van der Waals surface area (Å²) in [6, 6.07) is 13.5. The Morgan fingerprint density at radius 1 is 1.21 bits per heavy atom. The lowest BCUT2D eigenvalue weighted by atomic mass is 10.0. The van der Waals surface area contributed by atoms with Gasteiger partial charge in [0, 0.05) is 18.8 Å². The molecule has 2 aliphatic heterocycles. The molecular weight excluding hydrogens is 368 g/mol. The van der Waals surface area contributed by atoms with Crippen molar-refractivity contribution in [2.75, 3.05) is 25.6 Å². The maximum absolute atomic E-state index is 13.3. The van der Waals surface area contributed by atoms with E-state index in [0.717, 1.165) is 30.7 Å². The summed E-state index contributed by atoms with van der Waals surface area (Å²) in [5, 5.41) is 3.53. The summed E-state index contributed by atoms with van der Waals surface area (Å²) in [7, 11) is 1.63. The number of rotatable bonds is 6. The fraction of sp³-hybridized carbons (Fsp3) is 0.435. The number of methoxy groups -OCH3 is 1. The average Bonchev–Trinajstić information content (AvgIpc) is 3.23. The SMILES string of the molecule is COc1cc(C2Nc3ccccc3C(=O)N2CC2CCCO2)ccc1OC(C)C. The molecule has 0 bridgehead atoms. The van der Waals surface area contributed by atoms with Crippen LogP contribution in [-0.4, -0.2) is 43.3 Å². The molecule has 1 amide bonds. The summed E-state index contributed by atoms with van der Waals surface area (Å²) in [5.74, 6) is 1.36. The predicted molar refractivity (Wildman–Crippen MR) is 112 cm³/mol. The van der Waals surface area contributed by atoms with Gasteiger partial charge in [0.1, 0.15) is 6.17 Å². The van der Waals surface area contributed by atoms with Crippen molar-refractivity contribution in [1.29, 1.82) is 0 Å². The van der Waals surface area contributed by atoms with Crippen molar-refractivity contribution >= 4 is 11.6 Å². The average molecular weight is 396 g/mol. The highest BCUT2D eigenvalue weighted by atomic mass is 16.5. The molecule has 29 heavy (non-hydrogen) atoms. The number of anilines is 1. The summed E-state index contributed by atoms with van der Waals surface area (Å²) in [6.45, 7) is 5.28. The van der Waals surface area contributed by atoms with Gasteiger partial charge in [-0.3, -0.25) is 4.79 Å². The number of para-hydroxylation sites is 1. The van der Waals surface area contributed by atoms with Crippen LogP contribution in [0.15, 0.2) is 42.5 Å². The first-order chi connectivity index (χ1) is 14.1. The first-order valence-electron chi connectivity index (χ1n) is 10.2. The zero-order valence-electron chi connectivity index (χ0n) is 17.2. The molecule has 0 radical (unpaired) electrons. The number of benzene rings is 2. The van der Waals surface area contributed by atoms with Gasteiger partial charge in [-0.15, -0.1) is 0 Å². The van der Waals surface area contributed by atoms with Crippen molar-refractivity contribution in [2.24, 2.45) is 0 Å². The van der Waals surface area contributed by atoms with Crippen LogP contribution in [0.1, 0.15) is 48.8 Å². The van der Waals surface area contributed by atoms with Gasteiger partial charge in [-0.05, 0) is 56.5 Å². The van der Waals surface area contributed by atoms with Gasteiger partial charge in [-0.25, -0.2) is 0 Å². The van der Waals surface area contributed by atoms with Crippen LogP contribution in [-0.2, 0) is 4.74 Å². The van der Waals surface area contributed by atoms with Gasteiger partial charge in [0.2, 0.25) is 0 Å². The van der Waals surface area contributed by atoms with Crippen LogP contribution in [0.4, 0.5) is 5.69 Å². The maximum atomic E-state index is 13.3. The normalized spacial score (nSPS) is 21.1. The molecule has 2 aromatic carbocycles. The van der Waals surface area contributed by atoms with Crippen LogP contribution >= 0.6 is 0 Å². The molecule has 2 aliphatic rings. The number of nitrogens with zero attached hydrogens (tertiary/aromatic N) is 1. The highest BCUT2D eigenvalue weighted by Gasteiger charge is 2.35. The Balaban J connectivity index is 1.70. The fourth-order valence-electron chi connectivity index (χ4n) is 3.96. The second-order valence-corrected chi connectivity index (χ2v) is 7.76. The summed E-state index contributed by atoms with van der Waals surface area (Å²) in [6.07, 6.45) is 1.83. The smallest absolute Gasteiger partial charge is 0.257 e. The Morgan fingerprint density at radius 3 is 2.76 bits per heavy atom. The minimum atomic E-state index is -0.302. The third kappa shape index (κ3) is 4.03. The molecular formula is C23H28N2O4. The van der Waals surface area contributed by atoms with E-state index < -0.39 is 0 Å². The molecule has 6 nitrogen and oxygen atoms in total. The van der Waals surface area contributed by atoms with Crippen molar-refractivity contribution in [3.8, 4) is 11.5 Å². The van der Waals surface area contributed by atoms with Gasteiger partial charge >= 0.3 is 0 Å². The van der Waals surface area contributed by atoms with Gasteiger partial charge in [-0.2, -0.15) is 0 Å². The van der Waals surface area contributed by atoms with Crippen molar-refractivity contribution in [1.82, 2.24) is 4.90 Å². The molecule has 2 atom stereocenters. The first kappa shape index (κ1) is 19.6. The van der Waals surface area contributed by atoms with Gasteiger partial charge in [0.05, 0.1) is 24.9 Å². The molecule has 6 heteroatoms. The van der Waals surface area contributed by atoms with E-state index in [1.54, 1.807) is 7.11 Å². The number of nitrogens with one attached hydrogen (secondary N) is 1. The van der Waals surface area contributed by atoms with E-state index in [1.165, 1.54) is 0 Å². The first-order valence-corrected chi connectivity index (χ1v) is 10.2. The Morgan fingerprint density at radius 2 is 2.03 bits per heavy atom. The molecule has 2 heterocycles. The van der Waals surface area contributed by atoms with Gasteiger partial charge < -0.3 is 24.4 Å². The Hall–Kier alpha value is -2.73. The van der Waals surface area contributed by atoms with Gasteiger partial charge in [0.25, 0.3) is 5.91 Å². The standard InChI is InChI=1S/C23H28N2O4/c1-15(2)29-20-11-10-16(13-21(20)27-3)22-24-19-9-5-4-8-18(19)23(26)25(22)14-17-7-6-12-28-17/h4-5,8-11,13,15,17,22,24H,6-7,12,14H2,1-3H3. The number of hydrogen-bond donors (Lipinski definition) is 1. The number of carbonyl (C=O) groups excluding carboxylic acids is 1. The molecule has 2 unspecified atom stereocenters. The number of hydrogen-bond acceptors (Lipinski definition) is 5. The third-order valence-electron chi connectivity index (χ3n) is 5.31. The monoisotopic (exact) mass is 396 g/mol. The van der Waals surface area contributed by atoms with Crippen molar-refractivity contribution < 1.29 is 19.0 Å². The molecule has 0 aromatic heterocycles. The maximum Gasteiger partial charge on any atom is 0.257 e. The quantitative estimate of drug-likeness (QED) is 0.792. The molecule has 0 saturated carbocycles.